The molecule has 0 radical (unpaired) electrons. The van der Waals surface area contributed by atoms with E-state index in [0.717, 1.165) is 0 Å². The van der Waals surface area contributed by atoms with Crippen LogP contribution in [0.3, 0.4) is 0 Å². The molecule has 0 aromatic heterocycles. The molecule has 0 aromatic rings. The van der Waals surface area contributed by atoms with E-state index in [0.29, 0.717) is 12.0 Å². The van der Waals surface area contributed by atoms with Crippen molar-refractivity contribution in [1.82, 2.24) is 0 Å². The fourth-order valence-electron chi connectivity index (χ4n) is 1.31. The number of hydrogen-bond donors (Lipinski definition) is 1. The molecule has 0 aliphatic rings. The summed E-state index contributed by atoms with van der Waals surface area (Å²) in [4.78, 5) is 23.0. The number of carbonyl (C=O) groups is 2. The normalized spacial score (nSPS) is 14.4. The number of carbonyl (C=O) groups excluding carboxylic acids is 1. The summed E-state index contributed by atoms with van der Waals surface area (Å²) < 4.78 is 5.27. The minimum atomic E-state index is -1.08. The highest BCUT2D eigenvalue weighted by atomic mass is 16.5. The minimum absolute atomic E-state index is 0.0596. The largest absolute Gasteiger partial charge is 0.478 e. The lowest BCUT2D eigenvalue weighted by Crippen LogP contribution is -2.22. The highest BCUT2D eigenvalue weighted by Crippen LogP contribution is 2.28. The van der Waals surface area contributed by atoms with E-state index >= 15 is 0 Å². The molecular formula is C15H24O4. The predicted octanol–water partition coefficient (Wildman–Crippen LogP) is 3.54. The summed E-state index contributed by atoms with van der Waals surface area (Å²) in [6, 6.07) is 0. The topological polar surface area (TPSA) is 63.6 Å². The summed E-state index contributed by atoms with van der Waals surface area (Å²) in [6.07, 6.45) is 0.690. The van der Waals surface area contributed by atoms with Gasteiger partial charge in [-0.3, -0.25) is 0 Å². The molecule has 0 saturated carbocycles. The molecule has 0 rings (SSSR count). The number of carboxylic acids is 1. The van der Waals surface area contributed by atoms with Gasteiger partial charge in [0.15, 0.2) is 0 Å². The van der Waals surface area contributed by atoms with Gasteiger partial charge in [-0.25, -0.2) is 9.59 Å². The lowest BCUT2D eigenvalue weighted by Gasteiger charge is -2.22. The molecule has 108 valence electrons. The molecule has 0 heterocycles. The van der Waals surface area contributed by atoms with Crippen LogP contribution in [0.5, 0.6) is 0 Å². The number of ether oxygens (including phenoxy) is 1. The van der Waals surface area contributed by atoms with Gasteiger partial charge in [0.2, 0.25) is 0 Å². The molecule has 1 unspecified atom stereocenters. The van der Waals surface area contributed by atoms with Crippen LogP contribution in [0.1, 0.15) is 48.0 Å². The molecule has 1 atom stereocenters. The predicted molar refractivity (Wildman–Crippen MR) is 74.5 cm³/mol. The number of carboxylic acid groups (broad SMARTS) is 1. The molecule has 0 bridgehead atoms. The molecule has 4 heteroatoms. The second kappa shape index (κ2) is 6.55. The van der Waals surface area contributed by atoms with E-state index in [2.05, 4.69) is 6.58 Å². The van der Waals surface area contributed by atoms with E-state index in [4.69, 9.17) is 9.84 Å². The van der Waals surface area contributed by atoms with Gasteiger partial charge < -0.3 is 9.84 Å². The van der Waals surface area contributed by atoms with Crippen molar-refractivity contribution in [3.8, 4) is 0 Å². The molecule has 4 nitrogen and oxygen atoms in total. The maximum Gasteiger partial charge on any atom is 0.339 e. The highest BCUT2D eigenvalue weighted by molar-refractivity contribution is 5.91. The van der Waals surface area contributed by atoms with Crippen LogP contribution in [0.25, 0.3) is 0 Å². The van der Waals surface area contributed by atoms with Gasteiger partial charge in [0, 0.05) is 11.5 Å². The van der Waals surface area contributed by atoms with Crippen LogP contribution >= 0.6 is 0 Å². The second-order valence-electron chi connectivity index (χ2n) is 5.72. The van der Waals surface area contributed by atoms with Crippen molar-refractivity contribution in [2.75, 3.05) is 0 Å². The van der Waals surface area contributed by atoms with Crippen molar-refractivity contribution in [1.29, 1.82) is 0 Å². The average Bonchev–Trinajstić information content (AvgIpc) is 2.31. The molecular weight excluding hydrogens is 244 g/mol. The van der Waals surface area contributed by atoms with Crippen LogP contribution in [0, 0.1) is 11.3 Å². The van der Waals surface area contributed by atoms with Gasteiger partial charge in [-0.15, -0.1) is 0 Å². The smallest absolute Gasteiger partial charge is 0.339 e. The monoisotopic (exact) mass is 268 g/mol. The Hall–Kier alpha value is -1.58. The Morgan fingerprint density at radius 2 is 1.79 bits per heavy atom. The first kappa shape index (κ1) is 17.4. The van der Waals surface area contributed by atoms with Crippen LogP contribution in [0.2, 0.25) is 0 Å². The number of esters is 1. The highest BCUT2D eigenvalue weighted by Gasteiger charge is 2.26. The van der Waals surface area contributed by atoms with E-state index in [1.807, 2.05) is 34.6 Å². The Balaban J connectivity index is 5.28. The molecule has 0 fully saturated rings. The van der Waals surface area contributed by atoms with Crippen molar-refractivity contribution < 1.29 is 19.4 Å². The van der Waals surface area contributed by atoms with Crippen LogP contribution in [0.4, 0.5) is 0 Å². The van der Waals surface area contributed by atoms with Crippen LogP contribution < -0.4 is 0 Å². The van der Waals surface area contributed by atoms with Crippen molar-refractivity contribution in [3.63, 3.8) is 0 Å². The molecule has 0 spiro atoms. The van der Waals surface area contributed by atoms with E-state index < -0.39 is 17.4 Å². The van der Waals surface area contributed by atoms with Gasteiger partial charge in [0.25, 0.3) is 0 Å². The third kappa shape index (κ3) is 4.89. The zero-order valence-electron chi connectivity index (χ0n) is 12.7. The Morgan fingerprint density at radius 3 is 2.11 bits per heavy atom. The van der Waals surface area contributed by atoms with E-state index in [1.54, 1.807) is 0 Å². The van der Waals surface area contributed by atoms with E-state index in [-0.39, 0.29) is 17.3 Å². The van der Waals surface area contributed by atoms with Crippen molar-refractivity contribution >= 4 is 11.9 Å². The molecule has 1 N–H and O–H groups in total. The molecule has 0 saturated heterocycles. The Labute approximate surface area is 115 Å². The molecule has 19 heavy (non-hydrogen) atoms. The quantitative estimate of drug-likeness (QED) is 0.470. The number of hydrogen-bond acceptors (Lipinski definition) is 3. The third-order valence-corrected chi connectivity index (χ3v) is 3.10. The third-order valence-electron chi connectivity index (χ3n) is 3.10. The van der Waals surface area contributed by atoms with Gasteiger partial charge in [-0.1, -0.05) is 41.2 Å². The standard InChI is InChI=1S/C15H24O4/c1-8-9(2)12(10(3)13(16)17)19-14(18)11(4)15(5,6)7/h9H,4,8H2,1-3,5-7H3,(H,16,17). The molecule has 0 amide bonds. The summed E-state index contributed by atoms with van der Waals surface area (Å²) in [5, 5.41) is 9.04. The Morgan fingerprint density at radius 1 is 1.32 bits per heavy atom. The second-order valence-corrected chi connectivity index (χ2v) is 5.72. The number of allylic oxidation sites excluding steroid dienone is 1. The average molecular weight is 268 g/mol. The van der Waals surface area contributed by atoms with Crippen molar-refractivity contribution in [2.45, 2.75) is 48.0 Å². The van der Waals surface area contributed by atoms with E-state index in [9.17, 15) is 9.59 Å². The number of rotatable bonds is 5. The first-order valence-electron chi connectivity index (χ1n) is 6.38. The fraction of sp³-hybridized carbons (Fsp3) is 0.600. The van der Waals surface area contributed by atoms with Gasteiger partial charge in [0.05, 0.1) is 5.57 Å². The summed E-state index contributed by atoms with van der Waals surface area (Å²) in [5.41, 5.74) is -0.0229. The van der Waals surface area contributed by atoms with Gasteiger partial charge >= 0.3 is 11.9 Å². The Bertz CT molecular complexity index is 410. The maximum atomic E-state index is 12.0. The van der Waals surface area contributed by atoms with Crippen LogP contribution in [0.15, 0.2) is 23.5 Å². The minimum Gasteiger partial charge on any atom is -0.478 e. The van der Waals surface area contributed by atoms with Gasteiger partial charge in [0.1, 0.15) is 5.76 Å². The lowest BCUT2D eigenvalue weighted by atomic mass is 9.87. The van der Waals surface area contributed by atoms with Crippen molar-refractivity contribution in [2.24, 2.45) is 11.3 Å². The maximum absolute atomic E-state index is 12.0. The van der Waals surface area contributed by atoms with Crippen LogP contribution in [-0.2, 0) is 14.3 Å². The first-order valence-corrected chi connectivity index (χ1v) is 6.38. The molecule has 0 aliphatic carbocycles. The summed E-state index contributed by atoms with van der Waals surface area (Å²) in [5.74, 6) is -1.56. The summed E-state index contributed by atoms with van der Waals surface area (Å²) >= 11 is 0. The zero-order chi connectivity index (χ0) is 15.4. The summed E-state index contributed by atoms with van der Waals surface area (Å²) in [7, 11) is 0. The fourth-order valence-corrected chi connectivity index (χ4v) is 1.31. The lowest BCUT2D eigenvalue weighted by molar-refractivity contribution is -0.137. The van der Waals surface area contributed by atoms with E-state index in [1.165, 1.54) is 6.92 Å². The molecule has 0 aromatic carbocycles. The Kier molecular flexibility index (Phi) is 6.00. The van der Waals surface area contributed by atoms with Gasteiger partial charge in [-0.2, -0.15) is 0 Å². The number of aliphatic carboxylic acids is 1. The first-order chi connectivity index (χ1) is 8.52. The summed E-state index contributed by atoms with van der Waals surface area (Å²) in [6.45, 7) is 14.5. The SMILES string of the molecule is C=C(C(=O)OC(=C(C)C(=O)O)C(C)CC)C(C)(C)C. The van der Waals surface area contributed by atoms with Crippen LogP contribution in [-0.4, -0.2) is 17.0 Å². The van der Waals surface area contributed by atoms with Crippen molar-refractivity contribution in [3.05, 3.63) is 23.5 Å². The molecule has 0 aliphatic heterocycles. The van der Waals surface area contributed by atoms with Gasteiger partial charge in [-0.05, 0) is 18.8 Å². The zero-order valence-corrected chi connectivity index (χ0v) is 12.7.